The maximum atomic E-state index is 13.0. The molecule has 1 fully saturated rings. The minimum Gasteiger partial charge on any atom is -0.443 e. The van der Waals surface area contributed by atoms with Gasteiger partial charge in [0.1, 0.15) is 5.60 Å². The molecule has 1 aliphatic rings. The van der Waals surface area contributed by atoms with Crippen LogP contribution in [-0.2, 0) is 4.74 Å². The zero-order valence-electron chi connectivity index (χ0n) is 14.9. The predicted octanol–water partition coefficient (Wildman–Crippen LogP) is 4.49. The lowest BCUT2D eigenvalue weighted by molar-refractivity contribution is 0.0561. The summed E-state index contributed by atoms with van der Waals surface area (Å²) in [6.45, 7) is 7.43. The van der Waals surface area contributed by atoms with Crippen molar-refractivity contribution in [3.63, 3.8) is 0 Å². The van der Waals surface area contributed by atoms with Crippen LogP contribution in [0.25, 0.3) is 10.9 Å². The molecular weight excluding hydrogens is 382 g/mol. The molecule has 25 heavy (non-hydrogen) atoms. The Balaban J connectivity index is 2.07. The van der Waals surface area contributed by atoms with Crippen LogP contribution < -0.4 is 10.2 Å². The van der Waals surface area contributed by atoms with Crippen LogP contribution in [0.4, 0.5) is 10.5 Å². The molecule has 3 rings (SSSR count). The van der Waals surface area contributed by atoms with Crippen molar-refractivity contribution in [2.24, 2.45) is 0 Å². The molecule has 0 aliphatic carbocycles. The molecule has 0 saturated carbocycles. The highest BCUT2D eigenvalue weighted by molar-refractivity contribution is 9.10. The lowest BCUT2D eigenvalue weighted by Gasteiger charge is -2.36. The summed E-state index contributed by atoms with van der Waals surface area (Å²) in [5.41, 5.74) is 1.16. The van der Waals surface area contributed by atoms with Gasteiger partial charge in [0, 0.05) is 22.6 Å². The van der Waals surface area contributed by atoms with E-state index in [2.05, 4.69) is 26.2 Å². The van der Waals surface area contributed by atoms with E-state index in [0.29, 0.717) is 0 Å². The van der Waals surface area contributed by atoms with E-state index in [1.54, 1.807) is 11.1 Å². The van der Waals surface area contributed by atoms with E-state index < -0.39 is 5.60 Å². The lowest BCUT2D eigenvalue weighted by Crippen LogP contribution is -2.50. The summed E-state index contributed by atoms with van der Waals surface area (Å²) in [7, 11) is 0. The number of nitrogens with one attached hydrogen (secondary N) is 1. The molecule has 1 atom stereocenters. The van der Waals surface area contributed by atoms with E-state index in [1.165, 1.54) is 0 Å². The molecule has 0 bridgehead atoms. The van der Waals surface area contributed by atoms with Gasteiger partial charge in [-0.1, -0.05) is 15.9 Å². The van der Waals surface area contributed by atoms with Crippen LogP contribution in [0.15, 0.2) is 34.9 Å². The molecular formula is C19H24BrN3O2. The summed E-state index contributed by atoms with van der Waals surface area (Å²) in [4.78, 5) is 19.3. The zero-order chi connectivity index (χ0) is 18.0. The average molecular weight is 406 g/mol. The Morgan fingerprint density at radius 1 is 1.36 bits per heavy atom. The maximum Gasteiger partial charge on any atom is 0.415 e. The van der Waals surface area contributed by atoms with Gasteiger partial charge in [-0.2, -0.15) is 0 Å². The summed E-state index contributed by atoms with van der Waals surface area (Å²) >= 11 is 3.52. The van der Waals surface area contributed by atoms with Crippen LogP contribution >= 0.6 is 15.9 Å². The Hall–Kier alpha value is -1.66. The number of hydrogen-bond acceptors (Lipinski definition) is 4. The number of rotatable bonds is 2. The standard InChI is InChI=1S/C19H24BrN3O2/c1-19(2,3)25-18(24)23(14-5-4-9-21-12-14)17-8-10-22-16-7-6-13(20)11-15(16)17/h6-8,10-11,14,21H,4-5,9,12H2,1-3H3. The SMILES string of the molecule is CC(C)(C)OC(=O)N(c1ccnc2ccc(Br)cc12)C1CCCNC1. The number of ether oxygens (including phenoxy) is 1. The first-order chi connectivity index (χ1) is 11.8. The van der Waals surface area contributed by atoms with Gasteiger partial charge in [0.05, 0.1) is 17.2 Å². The third kappa shape index (κ3) is 4.30. The number of aromatic nitrogens is 1. The molecule has 0 radical (unpaired) electrons. The van der Waals surface area contributed by atoms with Crippen LogP contribution in [0.1, 0.15) is 33.6 Å². The monoisotopic (exact) mass is 405 g/mol. The number of halogens is 1. The van der Waals surface area contributed by atoms with E-state index >= 15 is 0 Å². The number of hydrogen-bond donors (Lipinski definition) is 1. The first-order valence-electron chi connectivity index (χ1n) is 8.62. The summed E-state index contributed by atoms with van der Waals surface area (Å²) < 4.78 is 6.67. The largest absolute Gasteiger partial charge is 0.443 e. The lowest BCUT2D eigenvalue weighted by atomic mass is 10.0. The van der Waals surface area contributed by atoms with Crippen LogP contribution in [0.2, 0.25) is 0 Å². The normalized spacial score (nSPS) is 18.2. The quantitative estimate of drug-likeness (QED) is 0.799. The molecule has 1 unspecified atom stereocenters. The molecule has 1 N–H and O–H groups in total. The molecule has 2 heterocycles. The van der Waals surface area contributed by atoms with Gasteiger partial charge in [-0.05, 0) is 64.4 Å². The second-order valence-electron chi connectivity index (χ2n) is 7.34. The molecule has 134 valence electrons. The van der Waals surface area contributed by atoms with E-state index in [4.69, 9.17) is 4.74 Å². The van der Waals surface area contributed by atoms with Crippen molar-refractivity contribution in [2.75, 3.05) is 18.0 Å². The highest BCUT2D eigenvalue weighted by Crippen LogP contribution is 2.31. The first kappa shape index (κ1) is 18.1. The first-order valence-corrected chi connectivity index (χ1v) is 9.42. The fraction of sp³-hybridized carbons (Fsp3) is 0.474. The summed E-state index contributed by atoms with van der Waals surface area (Å²) in [6, 6.07) is 7.88. The molecule has 5 nitrogen and oxygen atoms in total. The molecule has 1 amide bonds. The van der Waals surface area contributed by atoms with E-state index in [1.807, 2.05) is 45.0 Å². The van der Waals surface area contributed by atoms with Gasteiger partial charge < -0.3 is 10.1 Å². The van der Waals surface area contributed by atoms with Crippen molar-refractivity contribution in [1.29, 1.82) is 0 Å². The molecule has 1 aromatic heterocycles. The third-order valence-electron chi connectivity index (χ3n) is 4.17. The van der Waals surface area contributed by atoms with Gasteiger partial charge in [0.2, 0.25) is 0 Å². The van der Waals surface area contributed by atoms with Gasteiger partial charge in [-0.3, -0.25) is 9.88 Å². The number of carbonyl (C=O) groups is 1. The van der Waals surface area contributed by atoms with Crippen molar-refractivity contribution in [1.82, 2.24) is 10.3 Å². The van der Waals surface area contributed by atoms with E-state index in [0.717, 1.165) is 47.0 Å². The Labute approximate surface area is 156 Å². The Morgan fingerprint density at radius 3 is 2.84 bits per heavy atom. The second-order valence-corrected chi connectivity index (χ2v) is 8.26. The predicted molar refractivity (Wildman–Crippen MR) is 104 cm³/mol. The second kappa shape index (κ2) is 7.30. The summed E-state index contributed by atoms with van der Waals surface area (Å²) in [6.07, 6.45) is 3.42. The average Bonchev–Trinajstić information content (AvgIpc) is 2.55. The number of benzene rings is 1. The topological polar surface area (TPSA) is 54.5 Å². The van der Waals surface area contributed by atoms with Crippen LogP contribution in [0.3, 0.4) is 0 Å². The van der Waals surface area contributed by atoms with Crippen LogP contribution in [0, 0.1) is 0 Å². The summed E-state index contributed by atoms with van der Waals surface area (Å²) in [5.74, 6) is 0. The van der Waals surface area contributed by atoms with Gasteiger partial charge in [-0.25, -0.2) is 4.79 Å². The number of fused-ring (bicyclic) bond motifs is 1. The van der Waals surface area contributed by atoms with Crippen molar-refractivity contribution in [3.8, 4) is 0 Å². The smallest absolute Gasteiger partial charge is 0.415 e. The van der Waals surface area contributed by atoms with Crippen LogP contribution in [0.5, 0.6) is 0 Å². The highest BCUT2D eigenvalue weighted by Gasteiger charge is 2.31. The number of pyridine rings is 1. The van der Waals surface area contributed by atoms with Crippen molar-refractivity contribution < 1.29 is 9.53 Å². The van der Waals surface area contributed by atoms with Crippen molar-refractivity contribution in [2.45, 2.75) is 45.3 Å². The molecule has 6 heteroatoms. The molecule has 1 saturated heterocycles. The fourth-order valence-electron chi connectivity index (χ4n) is 3.12. The van der Waals surface area contributed by atoms with Gasteiger partial charge in [0.15, 0.2) is 0 Å². The zero-order valence-corrected chi connectivity index (χ0v) is 16.5. The Bertz CT molecular complexity index is 767. The summed E-state index contributed by atoms with van der Waals surface area (Å²) in [5, 5.41) is 4.33. The minimum atomic E-state index is -0.541. The van der Waals surface area contributed by atoms with E-state index in [9.17, 15) is 4.79 Å². The van der Waals surface area contributed by atoms with Crippen LogP contribution in [-0.4, -0.2) is 35.8 Å². The molecule has 1 aromatic carbocycles. The van der Waals surface area contributed by atoms with Gasteiger partial charge >= 0.3 is 6.09 Å². The minimum absolute atomic E-state index is 0.0631. The number of nitrogens with zero attached hydrogens (tertiary/aromatic N) is 2. The number of anilines is 1. The van der Waals surface area contributed by atoms with E-state index in [-0.39, 0.29) is 12.1 Å². The molecule has 1 aliphatic heterocycles. The third-order valence-corrected chi connectivity index (χ3v) is 4.66. The Kier molecular flexibility index (Phi) is 5.29. The van der Waals surface area contributed by atoms with Crippen molar-refractivity contribution >= 4 is 38.6 Å². The van der Waals surface area contributed by atoms with Gasteiger partial charge in [-0.15, -0.1) is 0 Å². The Morgan fingerprint density at radius 2 is 2.16 bits per heavy atom. The molecule has 0 spiro atoms. The number of amides is 1. The number of carbonyl (C=O) groups excluding carboxylic acids is 1. The highest BCUT2D eigenvalue weighted by atomic mass is 79.9. The maximum absolute atomic E-state index is 13.0. The number of piperidine rings is 1. The van der Waals surface area contributed by atoms with Gasteiger partial charge in [0.25, 0.3) is 0 Å². The fourth-order valence-corrected chi connectivity index (χ4v) is 3.48. The van der Waals surface area contributed by atoms with Crippen molar-refractivity contribution in [3.05, 3.63) is 34.9 Å². The molecule has 2 aromatic rings.